The number of hydrogen-bond donors (Lipinski definition) is 1. The molecule has 1 heterocycles. The summed E-state index contributed by atoms with van der Waals surface area (Å²) < 4.78 is 54.2. The van der Waals surface area contributed by atoms with Crippen molar-refractivity contribution in [2.24, 2.45) is 0 Å². The van der Waals surface area contributed by atoms with Crippen LogP contribution in [0.5, 0.6) is 0 Å². The van der Waals surface area contributed by atoms with Crippen molar-refractivity contribution >= 4 is 21.6 Å². The number of amides is 1. The third-order valence-corrected chi connectivity index (χ3v) is 6.21. The number of hydrogen-bond acceptors (Lipinski definition) is 3. The van der Waals surface area contributed by atoms with E-state index in [4.69, 9.17) is 0 Å². The Morgan fingerprint density at radius 2 is 1.73 bits per heavy atom. The van der Waals surface area contributed by atoms with Gasteiger partial charge >= 0.3 is 0 Å². The molecule has 0 bridgehead atoms. The van der Waals surface area contributed by atoms with Crippen LogP contribution >= 0.6 is 0 Å². The van der Waals surface area contributed by atoms with E-state index >= 15 is 0 Å². The molecule has 2 aromatic carbocycles. The van der Waals surface area contributed by atoms with Crippen molar-refractivity contribution in [3.63, 3.8) is 0 Å². The average molecular weight is 380 g/mol. The van der Waals surface area contributed by atoms with Gasteiger partial charge in [0, 0.05) is 18.8 Å². The highest BCUT2D eigenvalue weighted by atomic mass is 32.2. The van der Waals surface area contributed by atoms with Gasteiger partial charge in [0.05, 0.1) is 10.5 Å². The first-order chi connectivity index (χ1) is 12.3. The van der Waals surface area contributed by atoms with Gasteiger partial charge in [0.25, 0.3) is 5.91 Å². The summed E-state index contributed by atoms with van der Waals surface area (Å²) in [5.41, 5.74) is 0.157. The molecule has 2 aromatic rings. The highest BCUT2D eigenvalue weighted by Gasteiger charge is 2.28. The Balaban J connectivity index is 1.89. The van der Waals surface area contributed by atoms with E-state index in [2.05, 4.69) is 5.32 Å². The van der Waals surface area contributed by atoms with Gasteiger partial charge in [-0.2, -0.15) is 4.31 Å². The molecule has 0 spiro atoms. The first kappa shape index (κ1) is 18.5. The van der Waals surface area contributed by atoms with Crippen LogP contribution in [-0.4, -0.2) is 31.7 Å². The molecule has 1 aliphatic rings. The molecule has 1 saturated heterocycles. The Morgan fingerprint density at radius 3 is 2.38 bits per heavy atom. The molecular weight excluding hydrogens is 362 g/mol. The third-order valence-electron chi connectivity index (χ3n) is 4.31. The van der Waals surface area contributed by atoms with E-state index in [0.29, 0.717) is 18.7 Å². The van der Waals surface area contributed by atoms with Gasteiger partial charge in [-0.05, 0) is 55.7 Å². The second-order valence-electron chi connectivity index (χ2n) is 6.17. The topological polar surface area (TPSA) is 66.5 Å². The standard InChI is InChI=1S/C18H18F2N2O3S/c1-12-4-5-13(10-17(12)20)21-18(23)15-11-14(6-7-16(15)19)26(24,25)22-8-2-3-9-22/h4-7,10-11H,2-3,8-9H2,1H3,(H,21,23). The minimum Gasteiger partial charge on any atom is -0.322 e. The zero-order chi connectivity index (χ0) is 18.9. The lowest BCUT2D eigenvalue weighted by Gasteiger charge is -2.16. The highest BCUT2D eigenvalue weighted by Crippen LogP contribution is 2.23. The molecule has 0 saturated carbocycles. The van der Waals surface area contributed by atoms with Gasteiger partial charge in [-0.3, -0.25) is 4.79 Å². The highest BCUT2D eigenvalue weighted by molar-refractivity contribution is 7.89. The largest absolute Gasteiger partial charge is 0.322 e. The van der Waals surface area contributed by atoms with E-state index in [9.17, 15) is 22.0 Å². The predicted octanol–water partition coefficient (Wildman–Crippen LogP) is 3.31. The molecule has 138 valence electrons. The van der Waals surface area contributed by atoms with Crippen molar-refractivity contribution in [3.05, 3.63) is 59.2 Å². The Bertz CT molecular complexity index is 955. The number of rotatable bonds is 4. The normalized spacial score (nSPS) is 15.2. The number of anilines is 1. The van der Waals surface area contributed by atoms with Crippen LogP contribution in [0.2, 0.25) is 0 Å². The summed E-state index contributed by atoms with van der Waals surface area (Å²) in [6.45, 7) is 2.39. The summed E-state index contributed by atoms with van der Waals surface area (Å²) in [6.07, 6.45) is 1.54. The molecule has 26 heavy (non-hydrogen) atoms. The maximum atomic E-state index is 14.1. The van der Waals surface area contributed by atoms with Crippen LogP contribution in [0.15, 0.2) is 41.3 Å². The smallest absolute Gasteiger partial charge is 0.258 e. The number of carbonyl (C=O) groups is 1. The van der Waals surface area contributed by atoms with Gasteiger partial charge in [0.15, 0.2) is 0 Å². The third kappa shape index (κ3) is 3.61. The molecule has 1 fully saturated rings. The first-order valence-electron chi connectivity index (χ1n) is 8.16. The lowest BCUT2D eigenvalue weighted by Crippen LogP contribution is -2.28. The van der Waals surface area contributed by atoms with Crippen LogP contribution in [-0.2, 0) is 10.0 Å². The van der Waals surface area contributed by atoms with E-state index < -0.39 is 33.1 Å². The SMILES string of the molecule is Cc1ccc(NC(=O)c2cc(S(=O)(=O)N3CCCC3)ccc2F)cc1F. The molecular formula is C18H18F2N2O3S. The summed E-state index contributed by atoms with van der Waals surface area (Å²) in [6, 6.07) is 7.20. The Hall–Kier alpha value is -2.32. The van der Waals surface area contributed by atoms with Gasteiger partial charge in [-0.1, -0.05) is 6.07 Å². The number of benzene rings is 2. The van der Waals surface area contributed by atoms with Crippen LogP contribution < -0.4 is 5.32 Å². The van der Waals surface area contributed by atoms with Gasteiger partial charge in [-0.25, -0.2) is 17.2 Å². The van der Waals surface area contributed by atoms with E-state index in [1.54, 1.807) is 6.92 Å². The molecule has 0 radical (unpaired) electrons. The van der Waals surface area contributed by atoms with E-state index in [-0.39, 0.29) is 10.6 Å². The van der Waals surface area contributed by atoms with Crippen LogP contribution in [0.3, 0.4) is 0 Å². The summed E-state index contributed by atoms with van der Waals surface area (Å²) in [4.78, 5) is 12.2. The minimum absolute atomic E-state index is 0.138. The quantitative estimate of drug-likeness (QED) is 0.885. The van der Waals surface area contributed by atoms with Crippen molar-refractivity contribution in [1.29, 1.82) is 0 Å². The van der Waals surface area contributed by atoms with Crippen LogP contribution in [0.1, 0.15) is 28.8 Å². The summed E-state index contributed by atoms with van der Waals surface area (Å²) in [5.74, 6) is -2.20. The summed E-state index contributed by atoms with van der Waals surface area (Å²) >= 11 is 0. The van der Waals surface area contributed by atoms with E-state index in [1.165, 1.54) is 16.4 Å². The molecule has 1 N–H and O–H groups in total. The fraction of sp³-hybridized carbons (Fsp3) is 0.278. The lowest BCUT2D eigenvalue weighted by molar-refractivity contribution is 0.102. The minimum atomic E-state index is -3.77. The Morgan fingerprint density at radius 1 is 1.04 bits per heavy atom. The van der Waals surface area contributed by atoms with Crippen molar-refractivity contribution in [2.45, 2.75) is 24.7 Å². The predicted molar refractivity (Wildman–Crippen MR) is 93.5 cm³/mol. The van der Waals surface area contributed by atoms with Crippen molar-refractivity contribution in [2.75, 3.05) is 18.4 Å². The summed E-state index contributed by atoms with van der Waals surface area (Å²) in [7, 11) is -3.77. The zero-order valence-corrected chi connectivity index (χ0v) is 14.9. The van der Waals surface area contributed by atoms with Crippen LogP contribution in [0, 0.1) is 18.6 Å². The van der Waals surface area contributed by atoms with Gasteiger partial charge in [0.1, 0.15) is 11.6 Å². The molecule has 1 aliphatic heterocycles. The van der Waals surface area contributed by atoms with Gasteiger partial charge in [0.2, 0.25) is 10.0 Å². The Kier molecular flexibility index (Phi) is 5.06. The molecule has 8 heteroatoms. The van der Waals surface area contributed by atoms with Crippen LogP contribution in [0.25, 0.3) is 0 Å². The van der Waals surface area contributed by atoms with Crippen LogP contribution in [0.4, 0.5) is 14.5 Å². The van der Waals surface area contributed by atoms with Crippen molar-refractivity contribution in [1.82, 2.24) is 4.31 Å². The summed E-state index contributed by atoms with van der Waals surface area (Å²) in [5, 5.41) is 2.39. The number of nitrogens with zero attached hydrogens (tertiary/aromatic N) is 1. The molecule has 5 nitrogen and oxygen atoms in total. The second kappa shape index (κ2) is 7.13. The average Bonchev–Trinajstić information content (AvgIpc) is 3.13. The molecule has 0 unspecified atom stereocenters. The van der Waals surface area contributed by atoms with Gasteiger partial charge < -0.3 is 5.32 Å². The van der Waals surface area contributed by atoms with E-state index in [1.807, 2.05) is 0 Å². The molecule has 3 rings (SSSR count). The Labute approximate surface area is 150 Å². The number of carbonyl (C=O) groups excluding carboxylic acids is 1. The van der Waals surface area contributed by atoms with Crippen molar-refractivity contribution in [3.8, 4) is 0 Å². The fourth-order valence-corrected chi connectivity index (χ4v) is 4.33. The van der Waals surface area contributed by atoms with E-state index in [0.717, 1.165) is 37.1 Å². The lowest BCUT2D eigenvalue weighted by atomic mass is 10.1. The fourth-order valence-electron chi connectivity index (χ4n) is 2.79. The molecule has 0 aliphatic carbocycles. The number of sulfonamides is 1. The monoisotopic (exact) mass is 380 g/mol. The number of halogens is 2. The number of aryl methyl sites for hydroxylation is 1. The molecule has 0 atom stereocenters. The van der Waals surface area contributed by atoms with Gasteiger partial charge in [-0.15, -0.1) is 0 Å². The molecule has 1 amide bonds. The van der Waals surface area contributed by atoms with Crippen molar-refractivity contribution < 1.29 is 22.0 Å². The number of nitrogens with one attached hydrogen (secondary N) is 1. The second-order valence-corrected chi connectivity index (χ2v) is 8.11. The molecule has 0 aromatic heterocycles. The maximum absolute atomic E-state index is 14.1. The first-order valence-corrected chi connectivity index (χ1v) is 9.60. The maximum Gasteiger partial charge on any atom is 0.258 e. The zero-order valence-electron chi connectivity index (χ0n) is 14.1.